The van der Waals surface area contributed by atoms with Gasteiger partial charge in [0.15, 0.2) is 11.5 Å². The zero-order chi connectivity index (χ0) is 20.3. The van der Waals surface area contributed by atoms with E-state index in [4.69, 9.17) is 14.2 Å². The summed E-state index contributed by atoms with van der Waals surface area (Å²) in [7, 11) is 3.13. The Bertz CT molecular complexity index is 918. The largest absolute Gasteiger partial charge is 0.508 e. The zero-order valence-corrected chi connectivity index (χ0v) is 16.0. The molecule has 1 aliphatic rings. The monoisotopic (exact) mass is 381 g/mol. The van der Waals surface area contributed by atoms with Gasteiger partial charge in [0.25, 0.3) is 5.91 Å². The summed E-state index contributed by atoms with van der Waals surface area (Å²) in [4.78, 5) is 14.6. The van der Waals surface area contributed by atoms with Gasteiger partial charge in [-0.05, 0) is 36.8 Å². The van der Waals surface area contributed by atoms with Gasteiger partial charge in [0.1, 0.15) is 12.4 Å². The standard InChI is InChI=1S/C22H23NO5/c1-5-12-28-19-13-18-14(2)23(22(25)15-6-8-16(24)9-7-15)11-10-17(18)20(26-3)21(19)27-4/h5-9,13,24H,1-2,10-12H2,3-4H3. The second-order valence-electron chi connectivity index (χ2n) is 6.27. The van der Waals surface area contributed by atoms with E-state index in [1.165, 1.54) is 12.1 Å². The van der Waals surface area contributed by atoms with E-state index in [1.807, 2.05) is 6.07 Å². The fourth-order valence-corrected chi connectivity index (χ4v) is 3.31. The zero-order valence-electron chi connectivity index (χ0n) is 16.0. The molecule has 1 N–H and O–H groups in total. The Balaban J connectivity index is 2.02. The first kappa shape index (κ1) is 19.4. The Kier molecular flexibility index (Phi) is 5.59. The van der Waals surface area contributed by atoms with Crippen LogP contribution in [0.15, 0.2) is 49.6 Å². The van der Waals surface area contributed by atoms with E-state index in [0.29, 0.717) is 48.1 Å². The lowest BCUT2D eigenvalue weighted by molar-refractivity contribution is 0.0833. The molecule has 0 bridgehead atoms. The van der Waals surface area contributed by atoms with Crippen molar-refractivity contribution >= 4 is 11.6 Å². The molecule has 146 valence electrons. The summed E-state index contributed by atoms with van der Waals surface area (Å²) in [5, 5.41) is 9.45. The highest BCUT2D eigenvalue weighted by Gasteiger charge is 2.30. The molecule has 6 nitrogen and oxygen atoms in total. The van der Waals surface area contributed by atoms with E-state index in [0.717, 1.165) is 11.1 Å². The lowest BCUT2D eigenvalue weighted by atomic mass is 9.94. The van der Waals surface area contributed by atoms with Gasteiger partial charge >= 0.3 is 0 Å². The molecule has 0 saturated carbocycles. The van der Waals surface area contributed by atoms with Gasteiger partial charge in [-0.25, -0.2) is 0 Å². The smallest absolute Gasteiger partial charge is 0.258 e. The summed E-state index contributed by atoms with van der Waals surface area (Å²) in [5.41, 5.74) is 2.73. The van der Waals surface area contributed by atoms with Crippen LogP contribution in [0.5, 0.6) is 23.0 Å². The highest BCUT2D eigenvalue weighted by Crippen LogP contribution is 2.46. The molecule has 28 heavy (non-hydrogen) atoms. The summed E-state index contributed by atoms with van der Waals surface area (Å²) in [6.07, 6.45) is 2.22. The van der Waals surface area contributed by atoms with Gasteiger partial charge in [-0.1, -0.05) is 19.2 Å². The number of carbonyl (C=O) groups excluding carboxylic acids is 1. The van der Waals surface area contributed by atoms with Crippen molar-refractivity contribution in [2.45, 2.75) is 6.42 Å². The average molecular weight is 381 g/mol. The van der Waals surface area contributed by atoms with Crippen molar-refractivity contribution in [3.8, 4) is 23.0 Å². The van der Waals surface area contributed by atoms with Crippen LogP contribution in [0.25, 0.3) is 5.70 Å². The molecule has 6 heteroatoms. The Hall–Kier alpha value is -3.41. The van der Waals surface area contributed by atoms with E-state index in [1.54, 1.807) is 37.3 Å². The van der Waals surface area contributed by atoms with E-state index >= 15 is 0 Å². The van der Waals surface area contributed by atoms with Crippen molar-refractivity contribution in [2.24, 2.45) is 0 Å². The van der Waals surface area contributed by atoms with Crippen LogP contribution in [0, 0.1) is 0 Å². The molecule has 2 aromatic rings. The molecular weight excluding hydrogens is 358 g/mol. The second-order valence-corrected chi connectivity index (χ2v) is 6.27. The molecule has 1 heterocycles. The van der Waals surface area contributed by atoms with Gasteiger partial charge in [0, 0.05) is 28.9 Å². The maximum atomic E-state index is 12.9. The van der Waals surface area contributed by atoms with Crippen LogP contribution in [-0.2, 0) is 6.42 Å². The first-order chi connectivity index (χ1) is 13.5. The molecule has 0 unspecified atom stereocenters. The fraction of sp³-hybridized carbons (Fsp3) is 0.227. The van der Waals surface area contributed by atoms with Crippen molar-refractivity contribution in [3.05, 3.63) is 66.3 Å². The average Bonchev–Trinajstić information content (AvgIpc) is 2.71. The van der Waals surface area contributed by atoms with Gasteiger partial charge < -0.3 is 24.2 Å². The lowest BCUT2D eigenvalue weighted by Crippen LogP contribution is -2.34. The van der Waals surface area contributed by atoms with Crippen LogP contribution < -0.4 is 14.2 Å². The highest BCUT2D eigenvalue weighted by atomic mass is 16.5. The number of fused-ring (bicyclic) bond motifs is 1. The van der Waals surface area contributed by atoms with E-state index in [9.17, 15) is 9.90 Å². The lowest BCUT2D eigenvalue weighted by Gasteiger charge is -2.33. The first-order valence-electron chi connectivity index (χ1n) is 8.83. The van der Waals surface area contributed by atoms with Crippen LogP contribution in [0.1, 0.15) is 21.5 Å². The summed E-state index contributed by atoms with van der Waals surface area (Å²) in [6.45, 7) is 8.57. The number of rotatable bonds is 6. The number of ether oxygens (including phenoxy) is 3. The third-order valence-corrected chi connectivity index (χ3v) is 4.65. The van der Waals surface area contributed by atoms with Gasteiger partial charge in [0.05, 0.1) is 14.2 Å². The molecule has 2 aromatic carbocycles. The fourth-order valence-electron chi connectivity index (χ4n) is 3.31. The minimum absolute atomic E-state index is 0.111. The number of benzene rings is 2. The molecule has 0 atom stereocenters. The minimum Gasteiger partial charge on any atom is -0.508 e. The van der Waals surface area contributed by atoms with Gasteiger partial charge in [-0.3, -0.25) is 4.79 Å². The topological polar surface area (TPSA) is 68.2 Å². The number of hydrogen-bond donors (Lipinski definition) is 1. The van der Waals surface area contributed by atoms with Crippen LogP contribution in [-0.4, -0.2) is 43.3 Å². The van der Waals surface area contributed by atoms with Crippen LogP contribution in [0.4, 0.5) is 0 Å². The Labute approximate surface area is 164 Å². The molecule has 0 radical (unpaired) electrons. The predicted octanol–water partition coefficient (Wildman–Crippen LogP) is 3.64. The second kappa shape index (κ2) is 8.08. The quantitative estimate of drug-likeness (QED) is 0.774. The molecule has 1 amide bonds. The normalized spacial score (nSPS) is 12.9. The SMILES string of the molecule is C=CCOc1cc2c(c(OC)c1OC)CCN(C(=O)c1ccc(O)cc1)C2=C. The first-order valence-corrected chi connectivity index (χ1v) is 8.83. The minimum atomic E-state index is -0.181. The van der Waals surface area contributed by atoms with Gasteiger partial charge in [0.2, 0.25) is 5.75 Å². The van der Waals surface area contributed by atoms with Crippen LogP contribution in [0.2, 0.25) is 0 Å². The van der Waals surface area contributed by atoms with Crippen LogP contribution in [0.3, 0.4) is 0 Å². The summed E-state index contributed by atoms with van der Waals surface area (Å²) in [5.74, 6) is 1.52. The summed E-state index contributed by atoms with van der Waals surface area (Å²) in [6, 6.07) is 7.98. The molecule has 3 rings (SSSR count). The highest BCUT2D eigenvalue weighted by molar-refractivity contribution is 6.00. The van der Waals surface area contributed by atoms with Crippen molar-refractivity contribution in [1.82, 2.24) is 4.90 Å². The number of methoxy groups -OCH3 is 2. The van der Waals surface area contributed by atoms with Crippen LogP contribution >= 0.6 is 0 Å². The Morgan fingerprint density at radius 3 is 2.50 bits per heavy atom. The third-order valence-electron chi connectivity index (χ3n) is 4.65. The Morgan fingerprint density at radius 1 is 1.21 bits per heavy atom. The van der Waals surface area contributed by atoms with E-state index < -0.39 is 0 Å². The van der Waals surface area contributed by atoms with Gasteiger partial charge in [-0.15, -0.1) is 0 Å². The number of phenolic OH excluding ortho intramolecular Hbond substituents is 1. The number of amides is 1. The van der Waals surface area contributed by atoms with E-state index in [-0.39, 0.29) is 11.7 Å². The molecule has 0 fully saturated rings. The van der Waals surface area contributed by atoms with Crippen molar-refractivity contribution in [3.63, 3.8) is 0 Å². The maximum absolute atomic E-state index is 12.9. The number of aromatic hydroxyl groups is 1. The molecular formula is C22H23NO5. The number of phenols is 1. The summed E-state index contributed by atoms with van der Waals surface area (Å²) >= 11 is 0. The summed E-state index contributed by atoms with van der Waals surface area (Å²) < 4.78 is 16.8. The number of hydrogen-bond acceptors (Lipinski definition) is 5. The molecule has 0 saturated heterocycles. The van der Waals surface area contributed by atoms with Crippen molar-refractivity contribution < 1.29 is 24.1 Å². The number of carbonyl (C=O) groups is 1. The predicted molar refractivity (Wildman–Crippen MR) is 107 cm³/mol. The van der Waals surface area contributed by atoms with Gasteiger partial charge in [-0.2, -0.15) is 0 Å². The molecule has 0 aliphatic carbocycles. The maximum Gasteiger partial charge on any atom is 0.258 e. The molecule has 1 aliphatic heterocycles. The molecule has 0 spiro atoms. The van der Waals surface area contributed by atoms with E-state index in [2.05, 4.69) is 13.2 Å². The third kappa shape index (κ3) is 3.41. The number of nitrogens with zero attached hydrogens (tertiary/aromatic N) is 1. The molecule has 0 aromatic heterocycles. The van der Waals surface area contributed by atoms with Crippen molar-refractivity contribution in [1.29, 1.82) is 0 Å². The Morgan fingerprint density at radius 2 is 1.89 bits per heavy atom. The van der Waals surface area contributed by atoms with Crippen molar-refractivity contribution in [2.75, 3.05) is 27.4 Å².